The highest BCUT2D eigenvalue weighted by Gasteiger charge is 2.27. The van der Waals surface area contributed by atoms with E-state index in [-0.39, 0.29) is 18.6 Å². The van der Waals surface area contributed by atoms with Crippen molar-refractivity contribution >= 4 is 13.8 Å². The zero-order valence-electron chi connectivity index (χ0n) is 14.6. The van der Waals surface area contributed by atoms with Gasteiger partial charge in [0.2, 0.25) is 0 Å². The topological polar surface area (TPSA) is 93.1 Å². The Morgan fingerprint density at radius 3 is 2.30 bits per heavy atom. The predicted octanol–water partition coefficient (Wildman–Crippen LogP) is 2.24. The standard InChI is InChI=1S/C15H30NO6P/c1-5-10-15(17)21-12-9-7-6-8-11-14(16(2,3)4)13-22-23(18,19)20/h5,10,14H,6-9,11-13H2,1-4H3,(H-,18,19,20)/p+1. The number of ether oxygens (including phenoxy) is 1. The fraction of sp³-hybridized carbons (Fsp3) is 0.800. The summed E-state index contributed by atoms with van der Waals surface area (Å²) in [7, 11) is 1.52. The van der Waals surface area contributed by atoms with Gasteiger partial charge in [-0.2, -0.15) is 0 Å². The third kappa shape index (κ3) is 13.4. The number of phosphoric acid groups is 1. The van der Waals surface area contributed by atoms with Crippen molar-refractivity contribution in [3.05, 3.63) is 12.2 Å². The van der Waals surface area contributed by atoms with Gasteiger partial charge >= 0.3 is 13.8 Å². The van der Waals surface area contributed by atoms with Crippen LogP contribution in [-0.2, 0) is 18.6 Å². The number of rotatable bonds is 12. The van der Waals surface area contributed by atoms with Crippen LogP contribution in [0.15, 0.2) is 12.2 Å². The maximum atomic E-state index is 11.1. The minimum absolute atomic E-state index is 0.0233. The lowest BCUT2D eigenvalue weighted by Gasteiger charge is -2.34. The highest BCUT2D eigenvalue weighted by Crippen LogP contribution is 2.36. The quantitative estimate of drug-likeness (QED) is 0.184. The van der Waals surface area contributed by atoms with E-state index in [2.05, 4.69) is 4.52 Å². The summed E-state index contributed by atoms with van der Waals surface area (Å²) in [4.78, 5) is 28.7. The van der Waals surface area contributed by atoms with Crippen LogP contribution >= 0.6 is 7.82 Å². The number of esters is 1. The molecule has 0 aromatic heterocycles. The van der Waals surface area contributed by atoms with Gasteiger partial charge in [0.25, 0.3) is 0 Å². The predicted molar refractivity (Wildman–Crippen MR) is 88.7 cm³/mol. The number of phosphoric ester groups is 1. The van der Waals surface area contributed by atoms with Gasteiger partial charge < -0.3 is 19.0 Å². The van der Waals surface area contributed by atoms with E-state index < -0.39 is 7.82 Å². The third-order valence-corrected chi connectivity index (χ3v) is 3.99. The van der Waals surface area contributed by atoms with Gasteiger partial charge in [-0.1, -0.05) is 18.9 Å². The Labute approximate surface area is 139 Å². The summed E-state index contributed by atoms with van der Waals surface area (Å²) in [5.41, 5.74) is 0. The second-order valence-electron chi connectivity index (χ2n) is 6.43. The molecule has 23 heavy (non-hydrogen) atoms. The average Bonchev–Trinajstić information content (AvgIpc) is 2.38. The molecule has 0 aliphatic rings. The van der Waals surface area contributed by atoms with Crippen molar-refractivity contribution in [2.75, 3.05) is 34.4 Å². The molecule has 0 aromatic rings. The third-order valence-electron chi connectivity index (χ3n) is 3.51. The molecule has 0 saturated carbocycles. The van der Waals surface area contributed by atoms with Gasteiger partial charge in [-0.15, -0.1) is 0 Å². The molecule has 1 unspecified atom stereocenters. The van der Waals surface area contributed by atoms with Crippen LogP contribution in [0.1, 0.15) is 39.0 Å². The van der Waals surface area contributed by atoms with Gasteiger partial charge in [0.05, 0.1) is 27.7 Å². The van der Waals surface area contributed by atoms with Crippen molar-refractivity contribution < 1.29 is 32.9 Å². The average molecular weight is 352 g/mol. The van der Waals surface area contributed by atoms with Crippen LogP contribution in [0.4, 0.5) is 0 Å². The number of nitrogens with zero attached hydrogens (tertiary/aromatic N) is 1. The first kappa shape index (κ1) is 22.3. The summed E-state index contributed by atoms with van der Waals surface area (Å²) in [5, 5.41) is 0. The van der Waals surface area contributed by atoms with Crippen molar-refractivity contribution in [1.29, 1.82) is 0 Å². The Hall–Kier alpha value is -0.720. The number of likely N-dealkylation sites (N-methyl/N-ethyl adjacent to an activating group) is 1. The molecule has 0 bridgehead atoms. The van der Waals surface area contributed by atoms with E-state index in [1.807, 2.05) is 21.1 Å². The Balaban J connectivity index is 3.92. The molecule has 0 aromatic carbocycles. The molecule has 0 aliphatic heterocycles. The highest BCUT2D eigenvalue weighted by atomic mass is 31.2. The van der Waals surface area contributed by atoms with Crippen LogP contribution in [0.5, 0.6) is 0 Å². The molecular formula is C15H31NO6P+. The molecule has 136 valence electrons. The highest BCUT2D eigenvalue weighted by molar-refractivity contribution is 7.46. The number of carbonyl (C=O) groups excluding carboxylic acids is 1. The molecule has 8 heteroatoms. The molecule has 0 aliphatic carbocycles. The van der Waals surface area contributed by atoms with Gasteiger partial charge in [0.15, 0.2) is 0 Å². The summed E-state index contributed by atoms with van der Waals surface area (Å²) in [6.07, 6.45) is 7.55. The zero-order chi connectivity index (χ0) is 17.9. The Kier molecular flexibility index (Phi) is 10.6. The number of hydrogen-bond acceptors (Lipinski definition) is 4. The minimum Gasteiger partial charge on any atom is -0.463 e. The van der Waals surface area contributed by atoms with Gasteiger partial charge in [0, 0.05) is 12.5 Å². The number of unbranched alkanes of at least 4 members (excludes halogenated alkanes) is 3. The molecule has 1 atom stereocenters. The first-order valence-corrected chi connectivity index (χ1v) is 9.40. The summed E-state index contributed by atoms with van der Waals surface area (Å²) >= 11 is 0. The molecule has 0 heterocycles. The second-order valence-corrected chi connectivity index (χ2v) is 7.67. The van der Waals surface area contributed by atoms with Crippen LogP contribution in [0.2, 0.25) is 0 Å². The summed E-state index contributed by atoms with van der Waals surface area (Å²) in [6, 6.07) is 0.0233. The summed E-state index contributed by atoms with van der Waals surface area (Å²) in [5.74, 6) is -0.313. The van der Waals surface area contributed by atoms with Gasteiger partial charge in [0.1, 0.15) is 12.6 Å². The zero-order valence-corrected chi connectivity index (χ0v) is 15.5. The smallest absolute Gasteiger partial charge is 0.463 e. The van der Waals surface area contributed by atoms with Crippen molar-refractivity contribution in [3.63, 3.8) is 0 Å². The SMILES string of the molecule is CC=CC(=O)OCCCCCCC(COP(=O)(O)O)[N+](C)(C)C. The molecule has 0 fully saturated rings. The monoisotopic (exact) mass is 352 g/mol. The van der Waals surface area contributed by atoms with Crippen LogP contribution in [0.3, 0.4) is 0 Å². The van der Waals surface area contributed by atoms with Crippen molar-refractivity contribution in [1.82, 2.24) is 0 Å². The van der Waals surface area contributed by atoms with E-state index in [1.54, 1.807) is 13.0 Å². The van der Waals surface area contributed by atoms with E-state index in [4.69, 9.17) is 14.5 Å². The molecule has 0 spiro atoms. The normalized spacial score (nSPS) is 14.2. The van der Waals surface area contributed by atoms with E-state index in [9.17, 15) is 9.36 Å². The van der Waals surface area contributed by atoms with Crippen LogP contribution in [0, 0.1) is 0 Å². The van der Waals surface area contributed by atoms with E-state index >= 15 is 0 Å². The van der Waals surface area contributed by atoms with Crippen molar-refractivity contribution in [2.45, 2.75) is 45.1 Å². The van der Waals surface area contributed by atoms with Gasteiger partial charge in [-0.05, 0) is 19.8 Å². The van der Waals surface area contributed by atoms with E-state index in [1.165, 1.54) is 6.08 Å². The summed E-state index contributed by atoms with van der Waals surface area (Å²) < 4.78 is 21.1. The van der Waals surface area contributed by atoms with Crippen molar-refractivity contribution in [3.8, 4) is 0 Å². The van der Waals surface area contributed by atoms with Gasteiger partial charge in [-0.25, -0.2) is 9.36 Å². The Morgan fingerprint density at radius 1 is 1.17 bits per heavy atom. The Bertz CT molecular complexity index is 413. The van der Waals surface area contributed by atoms with E-state index in [0.29, 0.717) is 11.1 Å². The number of carbonyl (C=O) groups is 1. The molecule has 0 saturated heterocycles. The number of quaternary nitrogens is 1. The van der Waals surface area contributed by atoms with E-state index in [0.717, 1.165) is 32.1 Å². The lowest BCUT2D eigenvalue weighted by atomic mass is 10.1. The van der Waals surface area contributed by atoms with Crippen LogP contribution < -0.4 is 0 Å². The molecule has 2 N–H and O–H groups in total. The van der Waals surface area contributed by atoms with Crippen LogP contribution in [0.25, 0.3) is 0 Å². The number of allylic oxidation sites excluding steroid dienone is 1. The lowest BCUT2D eigenvalue weighted by molar-refractivity contribution is -0.896. The molecule has 0 radical (unpaired) electrons. The van der Waals surface area contributed by atoms with Crippen molar-refractivity contribution in [2.24, 2.45) is 0 Å². The lowest BCUT2D eigenvalue weighted by Crippen LogP contribution is -2.47. The maximum Gasteiger partial charge on any atom is 0.469 e. The van der Waals surface area contributed by atoms with Crippen LogP contribution in [-0.4, -0.2) is 60.6 Å². The minimum atomic E-state index is -4.42. The number of hydrogen-bond donors (Lipinski definition) is 2. The fourth-order valence-corrected chi connectivity index (χ4v) is 2.44. The molecule has 7 nitrogen and oxygen atoms in total. The first-order chi connectivity index (χ1) is 10.6. The molecule has 0 amide bonds. The maximum absolute atomic E-state index is 11.1. The molecule has 0 rings (SSSR count). The van der Waals surface area contributed by atoms with Gasteiger partial charge in [-0.3, -0.25) is 4.52 Å². The first-order valence-electron chi connectivity index (χ1n) is 7.87. The molecular weight excluding hydrogens is 321 g/mol. The largest absolute Gasteiger partial charge is 0.469 e. The second kappa shape index (κ2) is 10.9. The summed E-state index contributed by atoms with van der Waals surface area (Å²) in [6.45, 7) is 2.22. The fourth-order valence-electron chi connectivity index (χ4n) is 2.07. The Morgan fingerprint density at radius 2 is 1.78 bits per heavy atom.